The average Bonchev–Trinajstić information content (AvgIpc) is 2.66. The molecule has 6 N–H and O–H groups in total. The quantitative estimate of drug-likeness (QED) is 0.206. The van der Waals surface area contributed by atoms with Gasteiger partial charge in [-0.1, -0.05) is 12.1 Å². The van der Waals surface area contributed by atoms with E-state index in [2.05, 4.69) is 15.5 Å². The summed E-state index contributed by atoms with van der Waals surface area (Å²) in [5, 5.41) is 21.2. The van der Waals surface area contributed by atoms with Crippen molar-refractivity contribution in [2.45, 2.75) is 16.3 Å². The van der Waals surface area contributed by atoms with Crippen molar-refractivity contribution in [1.29, 1.82) is 0 Å². The molecule has 0 amide bonds. The number of hydrogen-bond acceptors (Lipinski definition) is 9. The van der Waals surface area contributed by atoms with E-state index >= 15 is 0 Å². The molecule has 0 spiro atoms. The number of azo groups is 1. The van der Waals surface area contributed by atoms with E-state index in [1.165, 1.54) is 30.3 Å². The minimum atomic E-state index is -4.57. The first-order chi connectivity index (χ1) is 14.4. The lowest BCUT2D eigenvalue weighted by Gasteiger charge is -2.09. The second-order valence-electron chi connectivity index (χ2n) is 6.52. The zero-order valence-electron chi connectivity index (χ0n) is 16.0. The fourth-order valence-corrected chi connectivity index (χ4v) is 4.09. The molecule has 0 saturated heterocycles. The van der Waals surface area contributed by atoms with Crippen LogP contribution in [0.1, 0.15) is 5.56 Å². The Labute approximate surface area is 177 Å². The van der Waals surface area contributed by atoms with Gasteiger partial charge in [-0.05, 0) is 42.3 Å². The highest BCUT2D eigenvalue weighted by Crippen LogP contribution is 2.39. The average molecular weight is 466 g/mol. The first kappa shape index (κ1) is 22.6. The van der Waals surface area contributed by atoms with Crippen LogP contribution in [-0.2, 0) is 26.8 Å². The van der Waals surface area contributed by atoms with Gasteiger partial charge in [-0.15, -0.1) is 10.2 Å². The summed E-state index contributed by atoms with van der Waals surface area (Å²) in [7, 11) is -7.41. The van der Waals surface area contributed by atoms with Gasteiger partial charge in [0.05, 0.1) is 10.6 Å². The van der Waals surface area contributed by atoms with Gasteiger partial charge in [-0.3, -0.25) is 9.11 Å². The number of aromatic hydroxyl groups is 1. The Morgan fingerprint density at radius 2 is 1.61 bits per heavy atom. The summed E-state index contributed by atoms with van der Waals surface area (Å²) in [5.41, 5.74) is 6.61. The van der Waals surface area contributed by atoms with E-state index in [1.807, 2.05) is 0 Å². The number of hydrogen-bond donors (Lipinski definition) is 5. The van der Waals surface area contributed by atoms with Gasteiger partial charge in [-0.2, -0.15) is 16.8 Å². The molecule has 0 bridgehead atoms. The third-order valence-corrected chi connectivity index (χ3v) is 6.07. The first-order valence-corrected chi connectivity index (χ1v) is 11.5. The maximum Gasteiger partial charge on any atom is 0.296 e. The Morgan fingerprint density at radius 1 is 0.935 bits per heavy atom. The minimum absolute atomic E-state index is 0.0552. The number of nitrogen functional groups attached to an aromatic ring is 1. The number of fused-ring (bicyclic) bond motifs is 1. The molecule has 0 aromatic heterocycles. The Balaban J connectivity index is 2.13. The van der Waals surface area contributed by atoms with Crippen LogP contribution in [0.4, 0.5) is 17.1 Å². The lowest BCUT2D eigenvalue weighted by molar-refractivity contribution is 0.471. The summed E-state index contributed by atoms with van der Waals surface area (Å²) >= 11 is 0. The molecule has 164 valence electrons. The normalized spacial score (nSPS) is 12.6. The molecule has 0 aliphatic carbocycles. The van der Waals surface area contributed by atoms with Gasteiger partial charge in [-0.25, -0.2) is 0 Å². The van der Waals surface area contributed by atoms with Crippen LogP contribution in [0.15, 0.2) is 62.5 Å². The van der Waals surface area contributed by atoms with Crippen molar-refractivity contribution in [3.8, 4) is 5.75 Å². The molecule has 0 unspecified atom stereocenters. The molecule has 11 nitrogen and oxygen atoms in total. The molecule has 3 rings (SSSR count). The van der Waals surface area contributed by atoms with E-state index in [-0.39, 0.29) is 27.8 Å². The van der Waals surface area contributed by atoms with Crippen molar-refractivity contribution in [1.82, 2.24) is 5.32 Å². The predicted molar refractivity (Wildman–Crippen MR) is 113 cm³/mol. The zero-order chi connectivity index (χ0) is 23.0. The number of nitrogens with zero attached hydrogens (tertiary/aromatic N) is 2. The molecule has 0 aliphatic rings. The number of benzene rings is 3. The molecule has 0 heterocycles. The van der Waals surface area contributed by atoms with Crippen molar-refractivity contribution < 1.29 is 31.0 Å². The highest BCUT2D eigenvalue weighted by Gasteiger charge is 2.18. The van der Waals surface area contributed by atoms with Gasteiger partial charge in [0.25, 0.3) is 20.2 Å². The second-order valence-corrected chi connectivity index (χ2v) is 9.33. The van der Waals surface area contributed by atoms with Crippen LogP contribution in [0.5, 0.6) is 5.75 Å². The molecule has 0 atom stereocenters. The molecule has 0 radical (unpaired) electrons. The van der Waals surface area contributed by atoms with Crippen molar-refractivity contribution >= 4 is 48.1 Å². The third-order valence-electron chi connectivity index (χ3n) is 4.33. The SMILES string of the molecule is CNCc1ccc(S(=O)(=O)O)c(N=Nc2ccc3cc(S(=O)(=O)O)cc(O)c3c2N)c1. The van der Waals surface area contributed by atoms with Gasteiger partial charge in [0.1, 0.15) is 22.0 Å². The fraction of sp³-hybridized carbons (Fsp3) is 0.111. The highest BCUT2D eigenvalue weighted by molar-refractivity contribution is 7.86. The molecular formula is C18H18N4O7S2. The van der Waals surface area contributed by atoms with Crippen molar-refractivity contribution in [3.05, 3.63) is 48.0 Å². The highest BCUT2D eigenvalue weighted by atomic mass is 32.2. The van der Waals surface area contributed by atoms with Crippen molar-refractivity contribution in [2.24, 2.45) is 10.2 Å². The van der Waals surface area contributed by atoms with Crippen LogP contribution < -0.4 is 11.1 Å². The van der Waals surface area contributed by atoms with Gasteiger partial charge in [0.15, 0.2) is 0 Å². The summed E-state index contributed by atoms with van der Waals surface area (Å²) in [6.45, 7) is 0.413. The van der Waals surface area contributed by atoms with Crippen LogP contribution in [0.2, 0.25) is 0 Å². The number of phenols is 1. The topological polar surface area (TPSA) is 192 Å². The van der Waals surface area contributed by atoms with E-state index in [4.69, 9.17) is 5.73 Å². The van der Waals surface area contributed by atoms with E-state index in [1.54, 1.807) is 7.05 Å². The summed E-state index contributed by atoms with van der Waals surface area (Å²) in [6.07, 6.45) is 0. The van der Waals surface area contributed by atoms with E-state index < -0.39 is 35.8 Å². The number of anilines is 1. The Hall–Kier alpha value is -3.10. The summed E-state index contributed by atoms with van der Waals surface area (Å²) in [5.74, 6) is -0.505. The van der Waals surface area contributed by atoms with Crippen molar-refractivity contribution in [2.75, 3.05) is 12.8 Å². The summed E-state index contributed by atoms with van der Waals surface area (Å²) < 4.78 is 64.6. The fourth-order valence-electron chi connectivity index (χ4n) is 2.95. The van der Waals surface area contributed by atoms with Gasteiger partial charge in [0.2, 0.25) is 0 Å². The number of nitrogens with one attached hydrogen (secondary N) is 1. The molecule has 31 heavy (non-hydrogen) atoms. The molecule has 0 aliphatic heterocycles. The van der Waals surface area contributed by atoms with E-state index in [0.29, 0.717) is 12.1 Å². The minimum Gasteiger partial charge on any atom is -0.507 e. The maximum atomic E-state index is 11.6. The van der Waals surface area contributed by atoms with Crippen LogP contribution in [-0.4, -0.2) is 38.1 Å². The Morgan fingerprint density at radius 3 is 2.23 bits per heavy atom. The smallest absolute Gasteiger partial charge is 0.296 e. The third kappa shape index (κ3) is 4.81. The monoisotopic (exact) mass is 466 g/mol. The van der Waals surface area contributed by atoms with Gasteiger partial charge < -0.3 is 16.2 Å². The van der Waals surface area contributed by atoms with Gasteiger partial charge >= 0.3 is 0 Å². The van der Waals surface area contributed by atoms with Crippen LogP contribution in [0, 0.1) is 0 Å². The second kappa shape index (κ2) is 8.20. The summed E-state index contributed by atoms with van der Waals surface area (Å²) in [6, 6.07) is 8.87. The van der Waals surface area contributed by atoms with E-state index in [0.717, 1.165) is 12.1 Å². The number of rotatable bonds is 6. The molecule has 0 saturated carbocycles. The molecular weight excluding hydrogens is 448 g/mol. The van der Waals surface area contributed by atoms with Gasteiger partial charge in [0, 0.05) is 18.0 Å². The van der Waals surface area contributed by atoms with Crippen molar-refractivity contribution in [3.63, 3.8) is 0 Å². The lowest BCUT2D eigenvalue weighted by Crippen LogP contribution is -2.06. The van der Waals surface area contributed by atoms with Crippen LogP contribution >= 0.6 is 0 Å². The molecule has 13 heteroatoms. The number of nitrogens with two attached hydrogens (primary N) is 1. The lowest BCUT2D eigenvalue weighted by atomic mass is 10.1. The van der Waals surface area contributed by atoms with Crippen LogP contribution in [0.25, 0.3) is 10.8 Å². The Bertz CT molecular complexity index is 1420. The zero-order valence-corrected chi connectivity index (χ0v) is 17.6. The first-order valence-electron chi connectivity index (χ1n) is 8.61. The standard InChI is InChI=1S/C18H18N4O7S2/c1-20-9-10-2-5-16(31(27,28)29)14(6-10)22-21-13-4-3-11-7-12(30(24,25)26)8-15(23)17(11)18(13)19/h2-8,20,23H,9,19H2,1H3,(H,24,25,26)(H,27,28,29). The van der Waals surface area contributed by atoms with E-state index in [9.17, 15) is 31.0 Å². The molecule has 3 aromatic rings. The molecule has 0 fully saturated rings. The maximum absolute atomic E-state index is 11.6. The summed E-state index contributed by atoms with van der Waals surface area (Å²) in [4.78, 5) is -0.957. The largest absolute Gasteiger partial charge is 0.507 e. The molecule has 3 aromatic carbocycles. The predicted octanol–water partition coefficient (Wildman–Crippen LogP) is 2.76. The Kier molecular flexibility index (Phi) is 5.98. The van der Waals surface area contributed by atoms with Crippen LogP contribution in [0.3, 0.4) is 0 Å². The number of phenolic OH excluding ortho intramolecular Hbond substituents is 1.